The van der Waals surface area contributed by atoms with Gasteiger partial charge in [0.1, 0.15) is 19.4 Å². The largest absolute Gasteiger partial charge is 0.510 e. The van der Waals surface area contributed by atoms with Gasteiger partial charge in [-0.25, -0.2) is 28.0 Å². The Kier molecular flexibility index (Phi) is 17.8. The molecule has 3 atom stereocenters. The van der Waals surface area contributed by atoms with E-state index in [-0.39, 0.29) is 39.0 Å². The Balaban J connectivity index is 1.86. The molecule has 0 radical (unpaired) electrons. The Hall–Kier alpha value is -2.87. The molecule has 1 fully saturated rings. The van der Waals surface area contributed by atoms with Crippen molar-refractivity contribution < 1.29 is 70.4 Å². The van der Waals surface area contributed by atoms with Crippen molar-refractivity contribution in [1.82, 2.24) is 9.55 Å². The predicted molar refractivity (Wildman–Crippen MR) is 145 cm³/mol. The molecule has 19 nitrogen and oxygen atoms in total. The average Bonchev–Trinajstić information content (AvgIpc) is 3.35. The van der Waals surface area contributed by atoms with E-state index in [2.05, 4.69) is 4.98 Å². The molecule has 252 valence electrons. The van der Waals surface area contributed by atoms with Crippen molar-refractivity contribution in [2.24, 2.45) is 5.92 Å². The summed E-state index contributed by atoms with van der Waals surface area (Å²) in [7, 11) is -1.51. The normalized spacial score (nSPS) is 18.2. The second-order valence-corrected chi connectivity index (χ2v) is 10.5. The number of hydrogen-bond donors (Lipinski definition) is 1. The maximum atomic E-state index is 13.2. The fraction of sp³-hybridized carbons (Fsp3) is 0.750. The Labute approximate surface area is 252 Å². The highest BCUT2D eigenvalue weighted by atomic mass is 31.2. The van der Waals surface area contributed by atoms with E-state index in [1.165, 1.54) is 31.0 Å². The van der Waals surface area contributed by atoms with Crippen LogP contribution in [-0.2, 0) is 60.8 Å². The fourth-order valence-electron chi connectivity index (χ4n) is 3.50. The summed E-state index contributed by atoms with van der Waals surface area (Å²) < 4.78 is 74.7. The standard InChI is InChI=1S/C24H39N2O17P/c1-18-14-19(43-21(18)26-5-4-20(27)25-22(26)28)15-40-44(31,41-16-38-23(29)36-12-10-34-8-6-32-2)42-17-39-24(30)37-13-11-35-9-7-33-3/h4-5,18-19,21H,6-17H2,1-3H3,(H,25,27,28)/t18-,19-,21?/m0/s1. The molecule has 20 heteroatoms. The first-order valence-electron chi connectivity index (χ1n) is 13.4. The maximum Gasteiger partial charge on any atom is 0.510 e. The lowest BCUT2D eigenvalue weighted by atomic mass is 10.1. The summed E-state index contributed by atoms with van der Waals surface area (Å²) in [4.78, 5) is 49.3. The number of hydrogen-bond acceptors (Lipinski definition) is 17. The van der Waals surface area contributed by atoms with Crippen LogP contribution in [0.3, 0.4) is 0 Å². The second kappa shape index (κ2) is 21.0. The van der Waals surface area contributed by atoms with Gasteiger partial charge in [0.05, 0.1) is 52.4 Å². The fourth-order valence-corrected chi connectivity index (χ4v) is 4.43. The van der Waals surface area contributed by atoms with Gasteiger partial charge in [0, 0.05) is 32.4 Å². The van der Waals surface area contributed by atoms with Crippen LogP contribution in [0.2, 0.25) is 0 Å². The zero-order valence-electron chi connectivity index (χ0n) is 24.7. The van der Waals surface area contributed by atoms with Crippen LogP contribution < -0.4 is 11.2 Å². The number of aromatic nitrogens is 2. The van der Waals surface area contributed by atoms with E-state index >= 15 is 0 Å². The molecule has 2 rings (SSSR count). The van der Waals surface area contributed by atoms with Crippen molar-refractivity contribution in [3.63, 3.8) is 0 Å². The summed E-state index contributed by atoms with van der Waals surface area (Å²) in [6.45, 7) is 0.883. The number of aromatic amines is 1. The lowest BCUT2D eigenvalue weighted by Crippen LogP contribution is -2.33. The third-order valence-corrected chi connectivity index (χ3v) is 6.84. The molecule has 1 unspecified atom stereocenters. The summed E-state index contributed by atoms with van der Waals surface area (Å²) in [5.41, 5.74) is -1.22. The number of methoxy groups -OCH3 is 2. The molecule has 1 aliphatic heterocycles. The minimum Gasteiger partial charge on any atom is -0.432 e. The van der Waals surface area contributed by atoms with E-state index in [0.717, 1.165) is 0 Å². The summed E-state index contributed by atoms with van der Waals surface area (Å²) in [5.74, 6) is -0.207. The van der Waals surface area contributed by atoms with Crippen LogP contribution in [0, 0.1) is 5.92 Å². The van der Waals surface area contributed by atoms with Crippen LogP contribution >= 0.6 is 7.82 Å². The first-order chi connectivity index (χ1) is 21.2. The van der Waals surface area contributed by atoms with E-state index in [9.17, 15) is 23.7 Å². The summed E-state index contributed by atoms with van der Waals surface area (Å²) >= 11 is 0. The third kappa shape index (κ3) is 14.7. The van der Waals surface area contributed by atoms with Crippen molar-refractivity contribution in [3.05, 3.63) is 33.1 Å². The van der Waals surface area contributed by atoms with Crippen LogP contribution in [0.5, 0.6) is 0 Å². The Morgan fingerprint density at radius 1 is 0.864 bits per heavy atom. The lowest BCUT2D eigenvalue weighted by Gasteiger charge is -2.20. The van der Waals surface area contributed by atoms with Gasteiger partial charge < -0.3 is 42.6 Å². The Bertz CT molecular complexity index is 1110. The number of phosphoric acid groups is 1. The van der Waals surface area contributed by atoms with Crippen LogP contribution in [0.25, 0.3) is 0 Å². The molecular weight excluding hydrogens is 619 g/mol. The SMILES string of the molecule is COCCOCCOC(=O)OCOP(=O)(OCOC(=O)OCCOCCOC)OC[C@@H]1C[C@H](C)C(n2ccc(=O)[nH]c2=O)O1. The van der Waals surface area contributed by atoms with Gasteiger partial charge in [-0.2, -0.15) is 0 Å². The van der Waals surface area contributed by atoms with Crippen LogP contribution in [0.15, 0.2) is 21.9 Å². The summed E-state index contributed by atoms with van der Waals surface area (Å²) in [6, 6.07) is 1.18. The van der Waals surface area contributed by atoms with Gasteiger partial charge >= 0.3 is 25.8 Å². The summed E-state index contributed by atoms with van der Waals surface area (Å²) in [6.07, 6.45) is -2.08. The molecule has 44 heavy (non-hydrogen) atoms. The summed E-state index contributed by atoms with van der Waals surface area (Å²) in [5, 5.41) is 0. The van der Waals surface area contributed by atoms with Gasteiger partial charge in [0.25, 0.3) is 5.56 Å². The Morgan fingerprint density at radius 2 is 1.41 bits per heavy atom. The van der Waals surface area contributed by atoms with Gasteiger partial charge in [-0.3, -0.25) is 18.9 Å². The number of rotatable bonds is 22. The quantitative estimate of drug-likeness (QED) is 0.0800. The predicted octanol–water partition coefficient (Wildman–Crippen LogP) is 1.17. The van der Waals surface area contributed by atoms with E-state index in [0.29, 0.717) is 32.8 Å². The molecule has 2 heterocycles. The van der Waals surface area contributed by atoms with Crippen molar-refractivity contribution >= 4 is 20.1 Å². The van der Waals surface area contributed by atoms with E-state index in [4.69, 9.17) is 56.2 Å². The highest BCUT2D eigenvalue weighted by molar-refractivity contribution is 7.48. The molecule has 1 saturated heterocycles. The Morgan fingerprint density at radius 3 is 1.93 bits per heavy atom. The molecule has 0 aromatic carbocycles. The lowest BCUT2D eigenvalue weighted by molar-refractivity contribution is -0.0601. The maximum absolute atomic E-state index is 13.2. The number of phosphoric ester groups is 1. The molecular formula is C24H39N2O17P. The topological polar surface area (TPSA) is 217 Å². The number of ether oxygens (including phenoxy) is 9. The van der Waals surface area contributed by atoms with E-state index in [1.54, 1.807) is 6.92 Å². The minimum absolute atomic E-state index is 0.0861. The van der Waals surface area contributed by atoms with E-state index < -0.39 is 57.3 Å². The molecule has 0 bridgehead atoms. The average molecular weight is 659 g/mol. The first kappa shape index (κ1) is 37.3. The monoisotopic (exact) mass is 658 g/mol. The van der Waals surface area contributed by atoms with Gasteiger partial charge in [0.15, 0.2) is 0 Å². The second-order valence-electron chi connectivity index (χ2n) is 8.81. The smallest absolute Gasteiger partial charge is 0.432 e. The molecule has 0 saturated carbocycles. The molecule has 0 amide bonds. The van der Waals surface area contributed by atoms with Gasteiger partial charge in [-0.15, -0.1) is 0 Å². The van der Waals surface area contributed by atoms with Gasteiger partial charge in [-0.05, 0) is 6.42 Å². The number of carbonyl (C=O) groups is 2. The number of nitrogens with zero attached hydrogens (tertiary/aromatic N) is 1. The first-order valence-corrected chi connectivity index (χ1v) is 14.9. The van der Waals surface area contributed by atoms with Gasteiger partial charge in [-0.1, -0.05) is 6.92 Å². The zero-order valence-corrected chi connectivity index (χ0v) is 25.6. The van der Waals surface area contributed by atoms with E-state index in [1.807, 2.05) is 0 Å². The van der Waals surface area contributed by atoms with Crippen molar-refractivity contribution in [1.29, 1.82) is 0 Å². The number of H-pyrrole nitrogens is 1. The van der Waals surface area contributed by atoms with Crippen LogP contribution in [0.4, 0.5) is 9.59 Å². The number of carbonyl (C=O) groups excluding carboxylic acids is 2. The molecule has 1 aromatic heterocycles. The zero-order chi connectivity index (χ0) is 32.2. The third-order valence-electron chi connectivity index (χ3n) is 5.53. The van der Waals surface area contributed by atoms with Crippen molar-refractivity contribution in [2.45, 2.75) is 25.7 Å². The molecule has 1 N–H and O–H groups in total. The molecule has 0 aliphatic carbocycles. The van der Waals surface area contributed by atoms with Crippen LogP contribution in [-0.4, -0.2) is 115 Å². The van der Waals surface area contributed by atoms with Crippen LogP contribution in [0.1, 0.15) is 19.6 Å². The van der Waals surface area contributed by atoms with Crippen molar-refractivity contribution in [3.8, 4) is 0 Å². The van der Waals surface area contributed by atoms with Crippen molar-refractivity contribution in [2.75, 3.05) is 87.3 Å². The molecule has 1 aromatic rings. The molecule has 0 spiro atoms. The highest BCUT2D eigenvalue weighted by Crippen LogP contribution is 2.50. The highest BCUT2D eigenvalue weighted by Gasteiger charge is 2.37. The number of nitrogens with one attached hydrogen (secondary N) is 1. The minimum atomic E-state index is -4.54. The van der Waals surface area contributed by atoms with Gasteiger partial charge in [0.2, 0.25) is 13.6 Å². The molecule has 1 aliphatic rings.